The minimum Gasteiger partial charge on any atom is -0.488 e. The molecule has 0 unspecified atom stereocenters. The molecule has 0 radical (unpaired) electrons. The predicted octanol–water partition coefficient (Wildman–Crippen LogP) is 2.91. The summed E-state index contributed by atoms with van der Waals surface area (Å²) in [4.78, 5) is 2.27. The van der Waals surface area contributed by atoms with E-state index in [0.717, 1.165) is 25.9 Å². The van der Waals surface area contributed by atoms with Crippen molar-refractivity contribution in [3.8, 4) is 5.75 Å². The Labute approximate surface area is 109 Å². The number of benzene rings is 1. The summed E-state index contributed by atoms with van der Waals surface area (Å²) in [6.07, 6.45) is 2.18. The van der Waals surface area contributed by atoms with E-state index < -0.39 is 0 Å². The van der Waals surface area contributed by atoms with Crippen LogP contribution in [0.15, 0.2) is 18.2 Å². The first-order valence-electron chi connectivity index (χ1n) is 6.55. The second-order valence-corrected chi connectivity index (χ2v) is 4.30. The minimum absolute atomic E-state index is 0.198. The first-order valence-corrected chi connectivity index (χ1v) is 6.55. The monoisotopic (exact) mass is 254 g/mol. The van der Waals surface area contributed by atoms with Crippen molar-refractivity contribution in [2.45, 2.75) is 32.8 Å². The van der Waals surface area contributed by atoms with Gasteiger partial charge in [0.05, 0.1) is 5.69 Å². The van der Waals surface area contributed by atoms with Crippen LogP contribution in [0.5, 0.6) is 5.75 Å². The highest BCUT2D eigenvalue weighted by Gasteiger charge is 2.18. The molecule has 1 fully saturated rings. The van der Waals surface area contributed by atoms with Gasteiger partial charge in [0, 0.05) is 19.2 Å². The maximum Gasteiger partial charge on any atom is 0.142 e. The van der Waals surface area contributed by atoms with Crippen molar-refractivity contribution in [2.75, 3.05) is 25.9 Å². The zero-order valence-electron chi connectivity index (χ0n) is 11.4. The van der Waals surface area contributed by atoms with Gasteiger partial charge < -0.3 is 15.4 Å². The second kappa shape index (κ2) is 7.21. The van der Waals surface area contributed by atoms with Gasteiger partial charge in [0.25, 0.3) is 0 Å². The molecule has 1 aliphatic heterocycles. The molecule has 0 saturated carbocycles. The summed E-state index contributed by atoms with van der Waals surface area (Å²) >= 11 is 0. The zero-order chi connectivity index (χ0) is 13.5. The van der Waals surface area contributed by atoms with E-state index in [9.17, 15) is 4.39 Å². The molecule has 3 nitrogen and oxygen atoms in total. The first-order chi connectivity index (χ1) is 8.65. The summed E-state index contributed by atoms with van der Waals surface area (Å²) in [5.74, 6) is 0.268. The highest BCUT2D eigenvalue weighted by molar-refractivity contribution is 5.52. The van der Waals surface area contributed by atoms with Crippen molar-refractivity contribution in [3.63, 3.8) is 0 Å². The quantitative estimate of drug-likeness (QED) is 0.825. The van der Waals surface area contributed by atoms with Gasteiger partial charge >= 0.3 is 0 Å². The molecule has 1 aromatic carbocycles. The number of piperidine rings is 1. The number of likely N-dealkylation sites (tertiary alicyclic amines) is 1. The molecule has 102 valence electrons. The Balaban J connectivity index is 0.000000771. The van der Waals surface area contributed by atoms with E-state index >= 15 is 0 Å². The zero-order valence-corrected chi connectivity index (χ0v) is 11.4. The van der Waals surface area contributed by atoms with Crippen LogP contribution >= 0.6 is 0 Å². The number of nitrogens with zero attached hydrogens (tertiary/aromatic N) is 1. The Morgan fingerprint density at radius 2 is 1.89 bits per heavy atom. The fourth-order valence-corrected chi connectivity index (χ4v) is 1.91. The Kier molecular flexibility index (Phi) is 5.92. The third-order valence-electron chi connectivity index (χ3n) is 2.93. The van der Waals surface area contributed by atoms with Crippen molar-refractivity contribution in [1.82, 2.24) is 4.90 Å². The average Bonchev–Trinajstić information content (AvgIpc) is 2.38. The summed E-state index contributed by atoms with van der Waals surface area (Å²) < 4.78 is 18.6. The number of anilines is 1. The molecule has 18 heavy (non-hydrogen) atoms. The van der Waals surface area contributed by atoms with Gasteiger partial charge in [0.2, 0.25) is 0 Å². The van der Waals surface area contributed by atoms with E-state index in [1.54, 1.807) is 6.07 Å². The van der Waals surface area contributed by atoms with Gasteiger partial charge in [-0.1, -0.05) is 13.8 Å². The minimum atomic E-state index is -0.326. The standard InChI is InChI=1S/C12H17FN2O.C2H6/c1-15-6-4-10(5-7-15)16-12-3-2-9(13)8-11(12)14;1-2/h2-3,8,10H,4-7,14H2,1H3;1-2H3. The van der Waals surface area contributed by atoms with Crippen LogP contribution < -0.4 is 10.5 Å². The topological polar surface area (TPSA) is 38.5 Å². The molecule has 1 heterocycles. The van der Waals surface area contributed by atoms with Crippen LogP contribution in [-0.4, -0.2) is 31.1 Å². The maximum absolute atomic E-state index is 12.8. The van der Waals surface area contributed by atoms with Crippen molar-refractivity contribution < 1.29 is 9.13 Å². The van der Waals surface area contributed by atoms with Gasteiger partial charge in [-0.3, -0.25) is 0 Å². The van der Waals surface area contributed by atoms with E-state index in [1.165, 1.54) is 12.1 Å². The summed E-state index contributed by atoms with van der Waals surface area (Å²) in [6, 6.07) is 4.27. The number of rotatable bonds is 2. The Morgan fingerprint density at radius 1 is 1.28 bits per heavy atom. The number of nitrogen functional groups attached to an aromatic ring is 1. The molecule has 0 spiro atoms. The van der Waals surface area contributed by atoms with Crippen LogP contribution in [0.3, 0.4) is 0 Å². The maximum atomic E-state index is 12.8. The van der Waals surface area contributed by atoms with E-state index in [0.29, 0.717) is 11.4 Å². The second-order valence-electron chi connectivity index (χ2n) is 4.30. The number of hydrogen-bond donors (Lipinski definition) is 1. The van der Waals surface area contributed by atoms with Crippen molar-refractivity contribution in [1.29, 1.82) is 0 Å². The van der Waals surface area contributed by atoms with Crippen LogP contribution in [0.4, 0.5) is 10.1 Å². The molecular formula is C14H23FN2O. The van der Waals surface area contributed by atoms with E-state index in [1.807, 2.05) is 13.8 Å². The molecule has 1 aromatic rings. The van der Waals surface area contributed by atoms with E-state index in [-0.39, 0.29) is 11.9 Å². The highest BCUT2D eigenvalue weighted by atomic mass is 19.1. The van der Waals surface area contributed by atoms with Crippen LogP contribution in [-0.2, 0) is 0 Å². The lowest BCUT2D eigenvalue weighted by molar-refractivity contribution is 0.115. The molecule has 0 aromatic heterocycles. The number of ether oxygens (including phenoxy) is 1. The highest BCUT2D eigenvalue weighted by Crippen LogP contribution is 2.25. The molecular weight excluding hydrogens is 231 g/mol. The smallest absolute Gasteiger partial charge is 0.142 e. The van der Waals surface area contributed by atoms with Crippen LogP contribution in [0.25, 0.3) is 0 Å². The fourth-order valence-electron chi connectivity index (χ4n) is 1.91. The van der Waals surface area contributed by atoms with Crippen LogP contribution in [0.2, 0.25) is 0 Å². The molecule has 4 heteroatoms. The molecule has 0 atom stereocenters. The van der Waals surface area contributed by atoms with Gasteiger partial charge in [-0.05, 0) is 32.0 Å². The predicted molar refractivity (Wildman–Crippen MR) is 73.3 cm³/mol. The SMILES string of the molecule is CC.CN1CCC(Oc2ccc(F)cc2N)CC1. The third kappa shape index (κ3) is 4.18. The molecule has 1 aliphatic rings. The van der Waals surface area contributed by atoms with Crippen LogP contribution in [0, 0.1) is 5.82 Å². The van der Waals surface area contributed by atoms with Gasteiger partial charge in [0.15, 0.2) is 0 Å². The Hall–Kier alpha value is -1.29. The third-order valence-corrected chi connectivity index (χ3v) is 2.93. The van der Waals surface area contributed by atoms with Gasteiger partial charge in [-0.15, -0.1) is 0 Å². The summed E-state index contributed by atoms with van der Waals surface area (Å²) in [5, 5.41) is 0. The van der Waals surface area contributed by atoms with Gasteiger partial charge in [-0.25, -0.2) is 4.39 Å². The van der Waals surface area contributed by atoms with Crippen molar-refractivity contribution in [3.05, 3.63) is 24.0 Å². The molecule has 0 aliphatic carbocycles. The lowest BCUT2D eigenvalue weighted by atomic mass is 10.1. The first kappa shape index (κ1) is 14.8. The van der Waals surface area contributed by atoms with Crippen LogP contribution in [0.1, 0.15) is 26.7 Å². The Morgan fingerprint density at radius 3 is 2.44 bits per heavy atom. The number of nitrogens with two attached hydrogens (primary N) is 1. The molecule has 2 rings (SSSR count). The van der Waals surface area contributed by atoms with Gasteiger partial charge in [0.1, 0.15) is 17.7 Å². The van der Waals surface area contributed by atoms with Crippen molar-refractivity contribution in [2.24, 2.45) is 0 Å². The average molecular weight is 254 g/mol. The lowest BCUT2D eigenvalue weighted by Gasteiger charge is -2.29. The summed E-state index contributed by atoms with van der Waals surface area (Å²) in [6.45, 7) is 6.07. The van der Waals surface area contributed by atoms with Gasteiger partial charge in [-0.2, -0.15) is 0 Å². The number of halogens is 1. The molecule has 1 saturated heterocycles. The largest absolute Gasteiger partial charge is 0.488 e. The summed E-state index contributed by atoms with van der Waals surface area (Å²) in [7, 11) is 2.10. The normalized spacial score (nSPS) is 16.9. The fraction of sp³-hybridized carbons (Fsp3) is 0.571. The van der Waals surface area contributed by atoms with Crippen molar-refractivity contribution >= 4 is 5.69 Å². The Bertz CT molecular complexity index is 363. The number of hydrogen-bond acceptors (Lipinski definition) is 3. The molecule has 0 bridgehead atoms. The van der Waals surface area contributed by atoms with E-state index in [2.05, 4.69) is 11.9 Å². The molecule has 0 amide bonds. The molecule has 2 N–H and O–H groups in total. The summed E-state index contributed by atoms with van der Waals surface area (Å²) in [5.41, 5.74) is 6.06. The van der Waals surface area contributed by atoms with E-state index in [4.69, 9.17) is 10.5 Å². The lowest BCUT2D eigenvalue weighted by Crippen LogP contribution is -2.35.